The molecule has 2 fully saturated rings. The average Bonchev–Trinajstić information content (AvgIpc) is 2.95. The molecule has 17 heavy (non-hydrogen) atoms. The van der Waals surface area contributed by atoms with Crippen LogP contribution in [0.3, 0.4) is 0 Å². The highest BCUT2D eigenvalue weighted by atomic mass is 16.5. The van der Waals surface area contributed by atoms with E-state index in [1.807, 2.05) is 4.90 Å². The number of nitrogens with zero attached hydrogens (tertiary/aromatic N) is 1. The summed E-state index contributed by atoms with van der Waals surface area (Å²) in [7, 11) is 1.71. The van der Waals surface area contributed by atoms with Crippen LogP contribution in [-0.2, 0) is 9.53 Å². The summed E-state index contributed by atoms with van der Waals surface area (Å²) in [5.74, 6) is 0.333. The van der Waals surface area contributed by atoms with E-state index in [2.05, 4.69) is 0 Å². The second-order valence-corrected chi connectivity index (χ2v) is 5.53. The van der Waals surface area contributed by atoms with E-state index in [9.17, 15) is 4.79 Å². The summed E-state index contributed by atoms with van der Waals surface area (Å²) in [4.78, 5) is 14.6. The zero-order valence-electron chi connectivity index (χ0n) is 10.8. The standard InChI is InChI=1S/C13H24N2O2/c1-17-9-7-13(5-2-3-6-13)12(16)15-8-4-11(14)10-15/h11H,2-10,14H2,1H3/t11-/m1/s1. The van der Waals surface area contributed by atoms with Gasteiger partial charge in [0.1, 0.15) is 0 Å². The van der Waals surface area contributed by atoms with E-state index < -0.39 is 0 Å². The number of hydrogen-bond acceptors (Lipinski definition) is 3. The van der Waals surface area contributed by atoms with Gasteiger partial charge in [0.05, 0.1) is 5.41 Å². The zero-order chi connectivity index (χ0) is 12.3. The molecule has 4 nitrogen and oxygen atoms in total. The van der Waals surface area contributed by atoms with E-state index in [-0.39, 0.29) is 11.5 Å². The van der Waals surface area contributed by atoms with Crippen molar-refractivity contribution in [2.75, 3.05) is 26.8 Å². The third-order valence-corrected chi connectivity index (χ3v) is 4.31. The Bertz CT molecular complexity index is 275. The van der Waals surface area contributed by atoms with Gasteiger partial charge in [-0.1, -0.05) is 12.8 Å². The van der Waals surface area contributed by atoms with Gasteiger partial charge in [0.2, 0.25) is 5.91 Å². The first-order valence-electron chi connectivity index (χ1n) is 6.72. The Morgan fingerprint density at radius 3 is 2.71 bits per heavy atom. The second kappa shape index (κ2) is 5.36. The van der Waals surface area contributed by atoms with E-state index in [4.69, 9.17) is 10.5 Å². The molecule has 98 valence electrons. The molecule has 0 aromatic carbocycles. The van der Waals surface area contributed by atoms with Gasteiger partial charge in [-0.2, -0.15) is 0 Å². The minimum Gasteiger partial charge on any atom is -0.385 e. The Labute approximate surface area is 103 Å². The quantitative estimate of drug-likeness (QED) is 0.802. The smallest absolute Gasteiger partial charge is 0.228 e. The fraction of sp³-hybridized carbons (Fsp3) is 0.923. The fourth-order valence-electron chi connectivity index (χ4n) is 3.23. The van der Waals surface area contributed by atoms with Crippen LogP contribution in [0.1, 0.15) is 38.5 Å². The largest absolute Gasteiger partial charge is 0.385 e. The predicted molar refractivity (Wildman–Crippen MR) is 66.6 cm³/mol. The molecule has 1 aliphatic carbocycles. The molecule has 0 spiro atoms. The molecule has 4 heteroatoms. The lowest BCUT2D eigenvalue weighted by atomic mass is 9.81. The van der Waals surface area contributed by atoms with Crippen LogP contribution >= 0.6 is 0 Å². The third-order valence-electron chi connectivity index (χ3n) is 4.31. The van der Waals surface area contributed by atoms with Crippen molar-refractivity contribution in [2.45, 2.75) is 44.6 Å². The molecule has 2 N–H and O–H groups in total. The van der Waals surface area contributed by atoms with E-state index in [0.717, 1.165) is 38.8 Å². The molecule has 2 rings (SSSR count). The van der Waals surface area contributed by atoms with Crippen LogP contribution in [0.4, 0.5) is 0 Å². The molecule has 0 bridgehead atoms. The van der Waals surface area contributed by atoms with Gasteiger partial charge in [0, 0.05) is 32.8 Å². The second-order valence-electron chi connectivity index (χ2n) is 5.53. The monoisotopic (exact) mass is 240 g/mol. The highest BCUT2D eigenvalue weighted by molar-refractivity contribution is 5.83. The van der Waals surface area contributed by atoms with Crippen molar-refractivity contribution in [1.82, 2.24) is 4.90 Å². The summed E-state index contributed by atoms with van der Waals surface area (Å²) in [5.41, 5.74) is 5.75. The maximum atomic E-state index is 12.6. The Morgan fingerprint density at radius 1 is 1.47 bits per heavy atom. The van der Waals surface area contributed by atoms with Gasteiger partial charge in [-0.05, 0) is 25.7 Å². The van der Waals surface area contributed by atoms with Gasteiger partial charge in [0.25, 0.3) is 0 Å². The summed E-state index contributed by atoms with van der Waals surface area (Å²) in [6, 6.07) is 0.180. The van der Waals surface area contributed by atoms with Crippen molar-refractivity contribution in [2.24, 2.45) is 11.1 Å². The SMILES string of the molecule is COCCC1(C(=O)N2CC[C@@H](N)C2)CCCC1. The number of carbonyl (C=O) groups is 1. The molecular formula is C13H24N2O2. The topological polar surface area (TPSA) is 55.6 Å². The number of ether oxygens (including phenoxy) is 1. The van der Waals surface area contributed by atoms with Crippen molar-refractivity contribution >= 4 is 5.91 Å². The summed E-state index contributed by atoms with van der Waals surface area (Å²) in [6.45, 7) is 2.27. The number of rotatable bonds is 4. The van der Waals surface area contributed by atoms with Crippen molar-refractivity contribution in [3.63, 3.8) is 0 Å². The Morgan fingerprint density at radius 2 is 2.18 bits per heavy atom. The maximum absolute atomic E-state index is 12.6. The molecular weight excluding hydrogens is 216 g/mol. The van der Waals surface area contributed by atoms with Crippen molar-refractivity contribution in [3.8, 4) is 0 Å². The number of methoxy groups -OCH3 is 1. The lowest BCUT2D eigenvalue weighted by Crippen LogP contribution is -2.43. The molecule has 1 saturated carbocycles. The van der Waals surface area contributed by atoms with Gasteiger partial charge in [-0.15, -0.1) is 0 Å². The van der Waals surface area contributed by atoms with Crippen LogP contribution in [0.2, 0.25) is 0 Å². The maximum Gasteiger partial charge on any atom is 0.228 e. The van der Waals surface area contributed by atoms with Crippen molar-refractivity contribution < 1.29 is 9.53 Å². The molecule has 0 radical (unpaired) electrons. The first-order valence-corrected chi connectivity index (χ1v) is 6.72. The van der Waals surface area contributed by atoms with Crippen molar-refractivity contribution in [3.05, 3.63) is 0 Å². The number of amides is 1. The Hall–Kier alpha value is -0.610. The predicted octanol–water partition coefficient (Wildman–Crippen LogP) is 1.14. The van der Waals surface area contributed by atoms with Crippen LogP contribution in [0.25, 0.3) is 0 Å². The summed E-state index contributed by atoms with van der Waals surface area (Å²) < 4.78 is 5.17. The van der Waals surface area contributed by atoms with Crippen LogP contribution < -0.4 is 5.73 Å². The number of carbonyl (C=O) groups excluding carboxylic acids is 1. The average molecular weight is 240 g/mol. The molecule has 1 aliphatic heterocycles. The van der Waals surface area contributed by atoms with Gasteiger partial charge >= 0.3 is 0 Å². The van der Waals surface area contributed by atoms with Crippen LogP contribution in [-0.4, -0.2) is 43.7 Å². The third kappa shape index (κ3) is 2.63. The molecule has 1 amide bonds. The van der Waals surface area contributed by atoms with Gasteiger partial charge in [-0.3, -0.25) is 4.79 Å². The Balaban J connectivity index is 2.02. The van der Waals surface area contributed by atoms with Crippen LogP contribution in [0.15, 0.2) is 0 Å². The summed E-state index contributed by atoms with van der Waals surface area (Å²) in [6.07, 6.45) is 6.23. The van der Waals surface area contributed by atoms with Crippen LogP contribution in [0.5, 0.6) is 0 Å². The van der Waals surface area contributed by atoms with E-state index in [1.165, 1.54) is 12.8 Å². The lowest BCUT2D eigenvalue weighted by Gasteiger charge is -2.32. The van der Waals surface area contributed by atoms with Crippen LogP contribution in [0, 0.1) is 5.41 Å². The highest BCUT2D eigenvalue weighted by Gasteiger charge is 2.44. The number of likely N-dealkylation sites (tertiary alicyclic amines) is 1. The molecule has 1 atom stereocenters. The molecule has 1 saturated heterocycles. The van der Waals surface area contributed by atoms with E-state index in [1.54, 1.807) is 7.11 Å². The van der Waals surface area contributed by atoms with Gasteiger partial charge < -0.3 is 15.4 Å². The molecule has 2 aliphatic rings. The highest BCUT2D eigenvalue weighted by Crippen LogP contribution is 2.43. The van der Waals surface area contributed by atoms with E-state index >= 15 is 0 Å². The first-order chi connectivity index (χ1) is 8.18. The number of hydrogen-bond donors (Lipinski definition) is 1. The Kier molecular flexibility index (Phi) is 4.05. The molecule has 0 aromatic heterocycles. The zero-order valence-corrected chi connectivity index (χ0v) is 10.8. The normalized spacial score (nSPS) is 27.6. The summed E-state index contributed by atoms with van der Waals surface area (Å²) in [5, 5.41) is 0. The first kappa shape index (κ1) is 12.8. The minimum absolute atomic E-state index is 0.139. The van der Waals surface area contributed by atoms with Crippen molar-refractivity contribution in [1.29, 1.82) is 0 Å². The van der Waals surface area contributed by atoms with E-state index in [0.29, 0.717) is 12.5 Å². The minimum atomic E-state index is -0.139. The number of nitrogens with two attached hydrogens (primary N) is 1. The molecule has 0 aromatic rings. The van der Waals surface area contributed by atoms with Gasteiger partial charge in [0.15, 0.2) is 0 Å². The fourth-order valence-corrected chi connectivity index (χ4v) is 3.23. The molecule has 0 unspecified atom stereocenters. The van der Waals surface area contributed by atoms with Gasteiger partial charge in [-0.25, -0.2) is 0 Å². The lowest BCUT2D eigenvalue weighted by molar-refractivity contribution is -0.142. The molecule has 1 heterocycles. The summed E-state index contributed by atoms with van der Waals surface area (Å²) >= 11 is 0.